The lowest BCUT2D eigenvalue weighted by molar-refractivity contribution is -0.137. The third kappa shape index (κ3) is 8.01. The Morgan fingerprint density at radius 3 is 2.23 bits per heavy atom. The van der Waals surface area contributed by atoms with E-state index in [0.717, 1.165) is 37.3 Å². The third-order valence-corrected chi connectivity index (χ3v) is 4.44. The van der Waals surface area contributed by atoms with Crippen LogP contribution in [0.2, 0.25) is 0 Å². The quantitative estimate of drug-likeness (QED) is 0.190. The maximum atomic E-state index is 12.4. The lowest BCUT2D eigenvalue weighted by Crippen LogP contribution is -2.08. The van der Waals surface area contributed by atoms with E-state index in [2.05, 4.69) is 13.2 Å². The first-order chi connectivity index (χ1) is 15.1. The minimum Gasteiger partial charge on any atom is -0.496 e. The Hall–Kier alpha value is -3.54. The summed E-state index contributed by atoms with van der Waals surface area (Å²) in [5.74, 6) is 0.924. The summed E-state index contributed by atoms with van der Waals surface area (Å²) in [7, 11) is 1.57. The van der Waals surface area contributed by atoms with Gasteiger partial charge in [0.05, 0.1) is 25.9 Å². The fourth-order valence-corrected chi connectivity index (χ4v) is 2.77. The van der Waals surface area contributed by atoms with Crippen molar-refractivity contribution in [3.63, 3.8) is 0 Å². The van der Waals surface area contributed by atoms with Gasteiger partial charge in [-0.1, -0.05) is 19.2 Å². The second kappa shape index (κ2) is 12.9. The van der Waals surface area contributed by atoms with Gasteiger partial charge in [-0.15, -0.1) is 0 Å². The van der Waals surface area contributed by atoms with Crippen molar-refractivity contribution in [1.82, 2.24) is 0 Å². The van der Waals surface area contributed by atoms with Gasteiger partial charge in [0.1, 0.15) is 17.2 Å². The van der Waals surface area contributed by atoms with Crippen LogP contribution in [-0.2, 0) is 9.53 Å². The van der Waals surface area contributed by atoms with Crippen LogP contribution < -0.4 is 14.2 Å². The van der Waals surface area contributed by atoms with Crippen LogP contribution in [0.5, 0.6) is 17.2 Å². The van der Waals surface area contributed by atoms with E-state index in [-0.39, 0.29) is 5.97 Å². The van der Waals surface area contributed by atoms with E-state index < -0.39 is 5.97 Å². The van der Waals surface area contributed by atoms with Crippen molar-refractivity contribution in [3.05, 3.63) is 72.8 Å². The predicted molar refractivity (Wildman–Crippen MR) is 120 cm³/mol. The van der Waals surface area contributed by atoms with Gasteiger partial charge in [0.25, 0.3) is 0 Å². The lowest BCUT2D eigenvalue weighted by atomic mass is 10.2. The van der Waals surface area contributed by atoms with Gasteiger partial charge in [0.15, 0.2) is 0 Å². The van der Waals surface area contributed by atoms with Crippen molar-refractivity contribution in [3.8, 4) is 17.2 Å². The molecular weight excluding hydrogens is 396 g/mol. The standard InChI is InChI=1S/C25H28O6/c1-4-19-18-22(14-15-23(19)28-3)31-25(27)20-10-12-21(13-11-20)29-16-8-6-7-9-17-30-24(26)5-2/h4-5,10-15,18H,1-2,6-9,16-17H2,3H3. The first kappa shape index (κ1) is 23.7. The molecule has 0 spiro atoms. The number of esters is 2. The highest BCUT2D eigenvalue weighted by Crippen LogP contribution is 2.25. The topological polar surface area (TPSA) is 71.1 Å². The van der Waals surface area contributed by atoms with Crippen molar-refractivity contribution in [2.24, 2.45) is 0 Å². The molecule has 0 fully saturated rings. The van der Waals surface area contributed by atoms with E-state index in [4.69, 9.17) is 18.9 Å². The Bertz CT molecular complexity index is 885. The molecule has 164 valence electrons. The van der Waals surface area contributed by atoms with Crippen molar-refractivity contribution in [2.75, 3.05) is 20.3 Å². The molecule has 2 rings (SSSR count). The van der Waals surface area contributed by atoms with Gasteiger partial charge in [-0.05, 0) is 68.1 Å². The molecule has 0 amide bonds. The summed E-state index contributed by atoms with van der Waals surface area (Å²) >= 11 is 0. The van der Waals surface area contributed by atoms with Crippen LogP contribution in [0.15, 0.2) is 61.7 Å². The van der Waals surface area contributed by atoms with E-state index >= 15 is 0 Å². The number of ether oxygens (including phenoxy) is 4. The van der Waals surface area contributed by atoms with Crippen LogP contribution in [0.3, 0.4) is 0 Å². The molecule has 0 unspecified atom stereocenters. The number of methoxy groups -OCH3 is 1. The van der Waals surface area contributed by atoms with Crippen molar-refractivity contribution < 1.29 is 28.5 Å². The number of hydrogen-bond acceptors (Lipinski definition) is 6. The zero-order chi connectivity index (χ0) is 22.5. The van der Waals surface area contributed by atoms with Gasteiger partial charge in [-0.3, -0.25) is 0 Å². The van der Waals surface area contributed by atoms with E-state index in [1.807, 2.05) is 0 Å². The number of carbonyl (C=O) groups excluding carboxylic acids is 2. The second-order valence-electron chi connectivity index (χ2n) is 6.66. The first-order valence-electron chi connectivity index (χ1n) is 10.1. The molecule has 2 aromatic carbocycles. The smallest absolute Gasteiger partial charge is 0.343 e. The molecule has 0 aliphatic heterocycles. The van der Waals surface area contributed by atoms with Crippen molar-refractivity contribution >= 4 is 18.0 Å². The fourth-order valence-electron chi connectivity index (χ4n) is 2.77. The molecule has 6 heteroatoms. The first-order valence-corrected chi connectivity index (χ1v) is 10.1. The van der Waals surface area contributed by atoms with Crippen LogP contribution in [0.1, 0.15) is 41.6 Å². The number of benzene rings is 2. The maximum absolute atomic E-state index is 12.4. The Morgan fingerprint density at radius 1 is 0.903 bits per heavy atom. The van der Waals surface area contributed by atoms with Gasteiger partial charge in [0, 0.05) is 11.6 Å². The molecule has 0 aliphatic rings. The summed E-state index contributed by atoms with van der Waals surface area (Å²) in [4.78, 5) is 23.3. The van der Waals surface area contributed by atoms with Gasteiger partial charge >= 0.3 is 11.9 Å². The van der Waals surface area contributed by atoms with Crippen molar-refractivity contribution in [1.29, 1.82) is 0 Å². The largest absolute Gasteiger partial charge is 0.496 e. The summed E-state index contributed by atoms with van der Waals surface area (Å²) in [6.45, 7) is 8.07. The minimum absolute atomic E-state index is 0.388. The Labute approximate surface area is 183 Å². The zero-order valence-corrected chi connectivity index (χ0v) is 17.8. The average molecular weight is 424 g/mol. The van der Waals surface area contributed by atoms with Crippen LogP contribution in [0.25, 0.3) is 6.08 Å². The third-order valence-electron chi connectivity index (χ3n) is 4.44. The molecular formula is C25H28O6. The average Bonchev–Trinajstić information content (AvgIpc) is 2.80. The van der Waals surface area contributed by atoms with Crippen LogP contribution in [0, 0.1) is 0 Å². The molecule has 0 aliphatic carbocycles. The SMILES string of the molecule is C=CC(=O)OCCCCCCOc1ccc(C(=O)Oc2ccc(OC)c(C=C)c2)cc1. The highest BCUT2D eigenvalue weighted by Gasteiger charge is 2.10. The fraction of sp³-hybridized carbons (Fsp3) is 0.280. The number of rotatable bonds is 13. The normalized spacial score (nSPS) is 10.1. The van der Waals surface area contributed by atoms with Crippen LogP contribution in [-0.4, -0.2) is 32.3 Å². The predicted octanol–water partition coefficient (Wildman–Crippen LogP) is 5.23. The second-order valence-corrected chi connectivity index (χ2v) is 6.66. The molecule has 0 heterocycles. The Morgan fingerprint density at radius 2 is 1.58 bits per heavy atom. The molecule has 0 bridgehead atoms. The Kier molecular flexibility index (Phi) is 9.88. The molecule has 0 saturated carbocycles. The van der Waals surface area contributed by atoms with E-state index in [0.29, 0.717) is 36.0 Å². The Balaban J connectivity index is 1.72. The van der Waals surface area contributed by atoms with Crippen LogP contribution in [0.4, 0.5) is 0 Å². The summed E-state index contributed by atoms with van der Waals surface area (Å²) < 4.78 is 21.3. The molecule has 0 saturated heterocycles. The van der Waals surface area contributed by atoms with Gasteiger partial charge in [0.2, 0.25) is 0 Å². The van der Waals surface area contributed by atoms with Crippen molar-refractivity contribution in [2.45, 2.75) is 25.7 Å². The lowest BCUT2D eigenvalue weighted by Gasteiger charge is -2.09. The number of carbonyl (C=O) groups is 2. The monoisotopic (exact) mass is 424 g/mol. The molecule has 0 radical (unpaired) electrons. The van der Waals surface area contributed by atoms with Gasteiger partial charge in [-0.2, -0.15) is 0 Å². The van der Waals surface area contributed by atoms with E-state index in [1.165, 1.54) is 0 Å². The van der Waals surface area contributed by atoms with E-state index in [9.17, 15) is 9.59 Å². The minimum atomic E-state index is -0.455. The highest BCUT2D eigenvalue weighted by molar-refractivity contribution is 5.91. The molecule has 0 atom stereocenters. The van der Waals surface area contributed by atoms with Gasteiger partial charge < -0.3 is 18.9 Å². The summed E-state index contributed by atoms with van der Waals surface area (Å²) in [5.41, 5.74) is 1.17. The summed E-state index contributed by atoms with van der Waals surface area (Å²) in [6.07, 6.45) is 6.44. The zero-order valence-electron chi connectivity index (χ0n) is 17.8. The van der Waals surface area contributed by atoms with E-state index in [1.54, 1.807) is 55.7 Å². The van der Waals surface area contributed by atoms with Crippen LogP contribution >= 0.6 is 0 Å². The number of hydrogen-bond donors (Lipinski definition) is 0. The van der Waals surface area contributed by atoms with Gasteiger partial charge in [-0.25, -0.2) is 9.59 Å². The number of unbranched alkanes of at least 4 members (excludes halogenated alkanes) is 3. The molecule has 0 aromatic heterocycles. The molecule has 6 nitrogen and oxygen atoms in total. The molecule has 0 N–H and O–H groups in total. The highest BCUT2D eigenvalue weighted by atomic mass is 16.5. The maximum Gasteiger partial charge on any atom is 0.343 e. The molecule has 2 aromatic rings. The summed E-state index contributed by atoms with van der Waals surface area (Å²) in [5, 5.41) is 0. The molecule has 31 heavy (non-hydrogen) atoms. The summed E-state index contributed by atoms with van der Waals surface area (Å²) in [6, 6.07) is 11.9.